The molecule has 7 heteroatoms. The summed E-state index contributed by atoms with van der Waals surface area (Å²) in [4.78, 5) is 23.1. The second-order valence-corrected chi connectivity index (χ2v) is 3.45. The number of amides is 1. The summed E-state index contributed by atoms with van der Waals surface area (Å²) in [5.41, 5.74) is 5.17. The lowest BCUT2D eigenvalue weighted by atomic mass is 10.1. The number of nitro groups is 1. The van der Waals surface area contributed by atoms with Crippen LogP contribution in [0, 0.1) is 10.1 Å². The zero-order chi connectivity index (χ0) is 13.0. The van der Waals surface area contributed by atoms with Gasteiger partial charge in [0, 0.05) is 19.7 Å². The normalized spacial score (nSPS) is 10.0. The Morgan fingerprint density at radius 2 is 2.24 bits per heavy atom. The van der Waals surface area contributed by atoms with E-state index >= 15 is 0 Å². The molecular weight excluding hydrogens is 226 g/mol. The highest BCUT2D eigenvalue weighted by Crippen LogP contribution is 2.25. The molecule has 0 saturated carbocycles. The first-order chi connectivity index (χ1) is 7.99. The maximum absolute atomic E-state index is 11.8. The van der Waals surface area contributed by atoms with Crippen LogP contribution in [0.25, 0.3) is 0 Å². The van der Waals surface area contributed by atoms with Gasteiger partial charge in [-0.3, -0.25) is 14.9 Å². The van der Waals surface area contributed by atoms with Crippen molar-refractivity contribution < 1.29 is 14.8 Å². The number of para-hydroxylation sites is 1. The Kier molecular flexibility index (Phi) is 4.00. The van der Waals surface area contributed by atoms with E-state index in [0.717, 1.165) is 0 Å². The van der Waals surface area contributed by atoms with Gasteiger partial charge in [0.15, 0.2) is 0 Å². The van der Waals surface area contributed by atoms with Crippen molar-refractivity contribution in [3.8, 4) is 0 Å². The van der Waals surface area contributed by atoms with E-state index in [1.165, 1.54) is 30.1 Å². The lowest BCUT2D eigenvalue weighted by Crippen LogP contribution is -2.30. The number of nitro benzene ring substituents is 1. The second kappa shape index (κ2) is 5.26. The summed E-state index contributed by atoms with van der Waals surface area (Å²) in [7, 11) is 1.48. The lowest BCUT2D eigenvalue weighted by molar-refractivity contribution is -0.383. The van der Waals surface area contributed by atoms with Crippen LogP contribution in [-0.2, 0) is 0 Å². The van der Waals surface area contributed by atoms with E-state index in [2.05, 4.69) is 0 Å². The van der Waals surface area contributed by atoms with E-state index in [1.54, 1.807) is 0 Å². The van der Waals surface area contributed by atoms with Crippen molar-refractivity contribution in [1.29, 1.82) is 0 Å². The molecule has 17 heavy (non-hydrogen) atoms. The van der Waals surface area contributed by atoms with Crippen molar-refractivity contribution in [3.05, 3.63) is 33.9 Å². The van der Waals surface area contributed by atoms with Gasteiger partial charge in [-0.05, 0) is 6.07 Å². The molecule has 0 bridgehead atoms. The number of hydrogen-bond acceptors (Lipinski definition) is 5. The number of nitrogen functional groups attached to an aromatic ring is 1. The number of nitrogens with two attached hydrogens (primary N) is 1. The Morgan fingerprint density at radius 1 is 1.59 bits per heavy atom. The Labute approximate surface area is 97.6 Å². The van der Waals surface area contributed by atoms with Crippen molar-refractivity contribution in [1.82, 2.24) is 4.90 Å². The van der Waals surface area contributed by atoms with Gasteiger partial charge in [0.25, 0.3) is 11.6 Å². The Hall–Kier alpha value is -2.15. The average molecular weight is 239 g/mol. The van der Waals surface area contributed by atoms with E-state index in [4.69, 9.17) is 10.8 Å². The van der Waals surface area contributed by atoms with Gasteiger partial charge in [-0.2, -0.15) is 0 Å². The quantitative estimate of drug-likeness (QED) is 0.444. The van der Waals surface area contributed by atoms with Gasteiger partial charge in [-0.1, -0.05) is 6.07 Å². The minimum atomic E-state index is -0.641. The van der Waals surface area contributed by atoms with Crippen LogP contribution in [0.5, 0.6) is 0 Å². The molecule has 0 fully saturated rings. The van der Waals surface area contributed by atoms with Gasteiger partial charge < -0.3 is 15.7 Å². The molecule has 7 nitrogen and oxygen atoms in total. The average Bonchev–Trinajstić information content (AvgIpc) is 2.28. The number of carbonyl (C=O) groups is 1. The number of aliphatic hydroxyl groups excluding tert-OH is 1. The van der Waals surface area contributed by atoms with Gasteiger partial charge in [0.05, 0.1) is 17.1 Å². The van der Waals surface area contributed by atoms with Crippen LogP contribution in [0.15, 0.2) is 18.2 Å². The standard InChI is InChI=1S/C10H13N3O4/c1-12(5-6-14)10(15)7-3-2-4-8(9(7)11)13(16)17/h2-4,14H,5-6,11H2,1H3. The summed E-state index contributed by atoms with van der Waals surface area (Å²) < 4.78 is 0. The molecular formula is C10H13N3O4. The molecule has 92 valence electrons. The molecule has 1 aromatic rings. The first-order valence-electron chi connectivity index (χ1n) is 4.88. The van der Waals surface area contributed by atoms with Gasteiger partial charge in [-0.25, -0.2) is 0 Å². The fourth-order valence-corrected chi connectivity index (χ4v) is 1.36. The van der Waals surface area contributed by atoms with Crippen LogP contribution in [0.1, 0.15) is 10.4 Å². The van der Waals surface area contributed by atoms with E-state index < -0.39 is 10.8 Å². The molecule has 0 aliphatic heterocycles. The molecule has 0 saturated heterocycles. The predicted molar refractivity (Wildman–Crippen MR) is 61.6 cm³/mol. The van der Waals surface area contributed by atoms with Gasteiger partial charge in [-0.15, -0.1) is 0 Å². The zero-order valence-electron chi connectivity index (χ0n) is 9.29. The number of hydrogen-bond donors (Lipinski definition) is 2. The van der Waals surface area contributed by atoms with Gasteiger partial charge >= 0.3 is 0 Å². The Balaban J connectivity index is 3.10. The molecule has 0 heterocycles. The molecule has 0 aliphatic carbocycles. The number of anilines is 1. The van der Waals surface area contributed by atoms with Crippen LogP contribution >= 0.6 is 0 Å². The smallest absolute Gasteiger partial charge is 0.292 e. The number of carbonyl (C=O) groups excluding carboxylic acids is 1. The summed E-state index contributed by atoms with van der Waals surface area (Å²) in [5.74, 6) is -0.458. The minimum Gasteiger partial charge on any atom is -0.395 e. The van der Waals surface area contributed by atoms with Crippen LogP contribution in [0.3, 0.4) is 0 Å². The molecule has 0 radical (unpaired) electrons. The Morgan fingerprint density at radius 3 is 2.76 bits per heavy atom. The second-order valence-electron chi connectivity index (χ2n) is 3.45. The first-order valence-corrected chi connectivity index (χ1v) is 4.88. The Bertz CT molecular complexity index is 447. The van der Waals surface area contributed by atoms with Crippen LogP contribution in [-0.4, -0.2) is 41.0 Å². The molecule has 1 aromatic carbocycles. The van der Waals surface area contributed by atoms with Gasteiger partial charge in [0.2, 0.25) is 0 Å². The molecule has 3 N–H and O–H groups in total. The molecule has 1 rings (SSSR count). The maximum Gasteiger partial charge on any atom is 0.292 e. The van der Waals surface area contributed by atoms with Crippen molar-refractivity contribution in [2.45, 2.75) is 0 Å². The third-order valence-electron chi connectivity index (χ3n) is 2.29. The number of aliphatic hydroxyl groups is 1. The highest BCUT2D eigenvalue weighted by atomic mass is 16.6. The van der Waals surface area contributed by atoms with Crippen molar-refractivity contribution in [3.63, 3.8) is 0 Å². The fourth-order valence-electron chi connectivity index (χ4n) is 1.36. The SMILES string of the molecule is CN(CCO)C(=O)c1cccc([N+](=O)[O-])c1N. The summed E-state index contributed by atoms with van der Waals surface area (Å²) in [5, 5.41) is 19.4. The van der Waals surface area contributed by atoms with Crippen molar-refractivity contribution in [2.75, 3.05) is 25.9 Å². The number of rotatable bonds is 4. The number of likely N-dealkylation sites (N-methyl/N-ethyl adjacent to an activating group) is 1. The lowest BCUT2D eigenvalue weighted by Gasteiger charge is -2.16. The maximum atomic E-state index is 11.8. The molecule has 0 unspecified atom stereocenters. The molecule has 1 amide bonds. The molecule has 0 aromatic heterocycles. The van der Waals surface area contributed by atoms with Crippen molar-refractivity contribution >= 4 is 17.3 Å². The molecule has 0 aliphatic rings. The summed E-state index contributed by atoms with van der Waals surface area (Å²) in [6.07, 6.45) is 0. The van der Waals surface area contributed by atoms with E-state index in [-0.39, 0.29) is 30.1 Å². The minimum absolute atomic E-state index is 0.0650. The first kappa shape index (κ1) is 12.9. The largest absolute Gasteiger partial charge is 0.395 e. The predicted octanol–water partition coefficient (Wildman–Crippen LogP) is 0.241. The third kappa shape index (κ3) is 2.70. The van der Waals surface area contributed by atoms with E-state index in [0.29, 0.717) is 0 Å². The molecule has 0 atom stereocenters. The molecule has 0 spiro atoms. The van der Waals surface area contributed by atoms with Crippen LogP contribution in [0.4, 0.5) is 11.4 Å². The van der Waals surface area contributed by atoms with Crippen LogP contribution in [0.2, 0.25) is 0 Å². The van der Waals surface area contributed by atoms with Crippen LogP contribution < -0.4 is 5.73 Å². The zero-order valence-corrected chi connectivity index (χ0v) is 9.29. The third-order valence-corrected chi connectivity index (χ3v) is 2.29. The summed E-state index contributed by atoms with van der Waals surface area (Å²) in [6.45, 7) is -0.0436. The summed E-state index contributed by atoms with van der Waals surface area (Å²) in [6, 6.07) is 4.05. The number of nitrogens with zero attached hydrogens (tertiary/aromatic N) is 2. The number of benzene rings is 1. The summed E-state index contributed by atoms with van der Waals surface area (Å²) >= 11 is 0. The van der Waals surface area contributed by atoms with E-state index in [9.17, 15) is 14.9 Å². The van der Waals surface area contributed by atoms with Crippen molar-refractivity contribution in [2.24, 2.45) is 0 Å². The van der Waals surface area contributed by atoms with Gasteiger partial charge in [0.1, 0.15) is 5.69 Å². The fraction of sp³-hybridized carbons (Fsp3) is 0.300. The highest BCUT2D eigenvalue weighted by Gasteiger charge is 2.20. The monoisotopic (exact) mass is 239 g/mol. The highest BCUT2D eigenvalue weighted by molar-refractivity contribution is 6.00. The topological polar surface area (TPSA) is 110 Å². The van der Waals surface area contributed by atoms with E-state index in [1.807, 2.05) is 0 Å².